The third kappa shape index (κ3) is 3.95. The van der Waals surface area contributed by atoms with Crippen molar-refractivity contribution in [3.8, 4) is 17.1 Å². The van der Waals surface area contributed by atoms with Crippen LogP contribution in [0.25, 0.3) is 11.4 Å². The molecule has 0 atom stereocenters. The highest BCUT2D eigenvalue weighted by Crippen LogP contribution is 2.33. The summed E-state index contributed by atoms with van der Waals surface area (Å²) in [6.45, 7) is 4.97. The Morgan fingerprint density at radius 2 is 2.10 bits per heavy atom. The van der Waals surface area contributed by atoms with Crippen LogP contribution in [0.15, 0.2) is 64.7 Å². The molecule has 0 bridgehead atoms. The number of aromatic hydroxyl groups is 1. The Morgan fingerprint density at radius 1 is 1.28 bits per heavy atom. The van der Waals surface area contributed by atoms with E-state index in [9.17, 15) is 9.90 Å². The maximum absolute atomic E-state index is 12.8. The minimum Gasteiger partial charge on any atom is -0.507 e. The van der Waals surface area contributed by atoms with Crippen LogP contribution in [0.1, 0.15) is 5.56 Å². The minimum absolute atomic E-state index is 0.0355. The normalized spacial score (nSPS) is 12.8. The van der Waals surface area contributed by atoms with Gasteiger partial charge >= 0.3 is 0 Å². The highest BCUT2D eigenvalue weighted by molar-refractivity contribution is 9.10. The van der Waals surface area contributed by atoms with Crippen LogP contribution >= 0.6 is 27.7 Å². The van der Waals surface area contributed by atoms with Gasteiger partial charge in [-0.1, -0.05) is 45.9 Å². The molecule has 2 heterocycles. The first-order valence-electron chi connectivity index (χ1n) is 9.12. The fourth-order valence-electron chi connectivity index (χ4n) is 3.38. The van der Waals surface area contributed by atoms with E-state index in [1.807, 2.05) is 27.7 Å². The molecule has 1 amide bonds. The summed E-state index contributed by atoms with van der Waals surface area (Å²) in [5.74, 6) is 0.978. The number of rotatable bonds is 6. The Bertz CT molecular complexity index is 1080. The first-order chi connectivity index (χ1) is 14.1. The molecule has 29 heavy (non-hydrogen) atoms. The summed E-state index contributed by atoms with van der Waals surface area (Å²) in [7, 11) is 0. The fourth-order valence-corrected chi connectivity index (χ4v) is 4.62. The Morgan fingerprint density at radius 3 is 2.90 bits per heavy atom. The Hall–Kier alpha value is -2.58. The molecule has 0 fully saturated rings. The van der Waals surface area contributed by atoms with E-state index in [0.29, 0.717) is 29.6 Å². The van der Waals surface area contributed by atoms with E-state index in [4.69, 9.17) is 0 Å². The topological polar surface area (TPSA) is 71.2 Å². The number of phenolic OH excluding ortho intramolecular Hbond substituents is 1. The third-order valence-electron chi connectivity index (χ3n) is 4.74. The van der Waals surface area contributed by atoms with Gasteiger partial charge in [-0.25, -0.2) is 0 Å². The molecule has 1 aliphatic heterocycles. The molecule has 0 radical (unpaired) electrons. The van der Waals surface area contributed by atoms with Crippen molar-refractivity contribution < 1.29 is 9.90 Å². The van der Waals surface area contributed by atoms with Gasteiger partial charge in [0.05, 0.1) is 11.3 Å². The number of phenols is 1. The summed E-state index contributed by atoms with van der Waals surface area (Å²) in [6.07, 6.45) is 2.60. The van der Waals surface area contributed by atoms with E-state index in [1.165, 1.54) is 17.3 Å². The second-order valence-corrected chi connectivity index (χ2v) is 8.44. The minimum atomic E-state index is 0.0355. The number of thioether (sulfide) groups is 1. The van der Waals surface area contributed by atoms with Crippen LogP contribution in [0.4, 0.5) is 5.69 Å². The van der Waals surface area contributed by atoms with Crippen molar-refractivity contribution in [2.75, 3.05) is 17.2 Å². The van der Waals surface area contributed by atoms with Gasteiger partial charge in [0.15, 0.2) is 11.0 Å². The van der Waals surface area contributed by atoms with E-state index in [1.54, 1.807) is 24.3 Å². The van der Waals surface area contributed by atoms with Crippen molar-refractivity contribution in [1.82, 2.24) is 14.8 Å². The van der Waals surface area contributed by atoms with E-state index >= 15 is 0 Å². The molecule has 2 aromatic carbocycles. The van der Waals surface area contributed by atoms with Crippen molar-refractivity contribution in [1.29, 1.82) is 0 Å². The number of carbonyl (C=O) groups excluding carboxylic acids is 1. The molecule has 148 valence electrons. The number of hydrogen-bond acceptors (Lipinski definition) is 5. The molecule has 0 spiro atoms. The van der Waals surface area contributed by atoms with Gasteiger partial charge in [-0.05, 0) is 42.3 Å². The summed E-state index contributed by atoms with van der Waals surface area (Å²) >= 11 is 4.82. The number of para-hydroxylation sites is 1. The van der Waals surface area contributed by atoms with Crippen molar-refractivity contribution >= 4 is 39.3 Å². The fraction of sp³-hybridized carbons (Fsp3) is 0.190. The highest BCUT2D eigenvalue weighted by atomic mass is 79.9. The molecule has 1 N–H and O–H groups in total. The molecular formula is C21H19BrN4O2S. The van der Waals surface area contributed by atoms with Gasteiger partial charge in [-0.15, -0.1) is 16.8 Å². The molecule has 8 heteroatoms. The second-order valence-electron chi connectivity index (χ2n) is 6.58. The summed E-state index contributed by atoms with van der Waals surface area (Å²) in [5.41, 5.74) is 2.75. The van der Waals surface area contributed by atoms with Crippen LogP contribution in [0.2, 0.25) is 0 Å². The van der Waals surface area contributed by atoms with Crippen LogP contribution in [-0.4, -0.2) is 38.1 Å². The van der Waals surface area contributed by atoms with Crippen LogP contribution in [0.3, 0.4) is 0 Å². The van der Waals surface area contributed by atoms with Gasteiger partial charge < -0.3 is 10.0 Å². The maximum atomic E-state index is 12.8. The van der Waals surface area contributed by atoms with Crippen molar-refractivity contribution in [3.05, 3.63) is 65.2 Å². The maximum Gasteiger partial charge on any atom is 0.237 e. The van der Waals surface area contributed by atoms with Gasteiger partial charge in [-0.3, -0.25) is 9.36 Å². The molecular weight excluding hydrogens is 452 g/mol. The number of hydrogen-bond donors (Lipinski definition) is 1. The Balaban J connectivity index is 1.53. The molecule has 0 aliphatic carbocycles. The lowest BCUT2D eigenvalue weighted by Gasteiger charge is -2.17. The largest absolute Gasteiger partial charge is 0.507 e. The quantitative estimate of drug-likeness (QED) is 0.429. The number of benzene rings is 2. The zero-order chi connectivity index (χ0) is 20.4. The number of fused-ring (bicyclic) bond motifs is 1. The number of nitrogens with zero attached hydrogens (tertiary/aromatic N) is 4. The number of amides is 1. The summed E-state index contributed by atoms with van der Waals surface area (Å²) in [5, 5.41) is 19.3. The predicted molar refractivity (Wildman–Crippen MR) is 118 cm³/mol. The van der Waals surface area contributed by atoms with Gasteiger partial charge in [0.25, 0.3) is 0 Å². The van der Waals surface area contributed by atoms with Crippen LogP contribution in [0, 0.1) is 0 Å². The lowest BCUT2D eigenvalue weighted by Crippen LogP contribution is -2.30. The van der Waals surface area contributed by atoms with E-state index in [2.05, 4.69) is 38.8 Å². The van der Waals surface area contributed by atoms with Crippen LogP contribution in [0.5, 0.6) is 5.75 Å². The van der Waals surface area contributed by atoms with Gasteiger partial charge in [-0.2, -0.15) is 0 Å². The average molecular weight is 471 g/mol. The number of allylic oxidation sites excluding steroid dienone is 1. The lowest BCUT2D eigenvalue weighted by atomic mass is 10.2. The summed E-state index contributed by atoms with van der Waals surface area (Å²) in [6, 6.07) is 13.0. The summed E-state index contributed by atoms with van der Waals surface area (Å²) < 4.78 is 2.88. The average Bonchev–Trinajstić information content (AvgIpc) is 3.31. The number of carbonyl (C=O) groups is 1. The zero-order valence-electron chi connectivity index (χ0n) is 15.6. The summed E-state index contributed by atoms with van der Waals surface area (Å²) in [4.78, 5) is 14.7. The van der Waals surface area contributed by atoms with Crippen LogP contribution < -0.4 is 4.90 Å². The monoisotopic (exact) mass is 470 g/mol. The molecule has 0 unspecified atom stereocenters. The second kappa shape index (κ2) is 8.42. The third-order valence-corrected chi connectivity index (χ3v) is 6.18. The van der Waals surface area contributed by atoms with Gasteiger partial charge in [0.2, 0.25) is 5.91 Å². The molecule has 0 saturated heterocycles. The van der Waals surface area contributed by atoms with Gasteiger partial charge in [0, 0.05) is 23.2 Å². The molecule has 3 aromatic rings. The van der Waals surface area contributed by atoms with Crippen molar-refractivity contribution in [2.45, 2.75) is 18.1 Å². The molecule has 6 nitrogen and oxygen atoms in total. The molecule has 1 aliphatic rings. The molecule has 0 saturated carbocycles. The van der Waals surface area contributed by atoms with Gasteiger partial charge in [0.1, 0.15) is 5.75 Å². The smallest absolute Gasteiger partial charge is 0.237 e. The predicted octanol–water partition coefficient (Wildman–Crippen LogP) is 4.28. The van der Waals surface area contributed by atoms with Crippen LogP contribution in [-0.2, 0) is 17.8 Å². The number of aromatic nitrogens is 3. The van der Waals surface area contributed by atoms with E-state index in [0.717, 1.165) is 16.6 Å². The zero-order valence-corrected chi connectivity index (χ0v) is 18.0. The van der Waals surface area contributed by atoms with Crippen molar-refractivity contribution in [3.63, 3.8) is 0 Å². The Labute approximate surface area is 181 Å². The number of halogens is 1. The van der Waals surface area contributed by atoms with Crippen molar-refractivity contribution in [2.24, 2.45) is 0 Å². The first kappa shape index (κ1) is 19.7. The van der Waals surface area contributed by atoms with E-state index in [-0.39, 0.29) is 17.4 Å². The SMILES string of the molecule is C=CCn1c(SCC(=O)N2CCc3cc(Br)ccc32)nnc1-c1ccccc1O. The lowest BCUT2D eigenvalue weighted by molar-refractivity contribution is -0.116. The number of anilines is 1. The first-order valence-corrected chi connectivity index (χ1v) is 10.9. The van der Waals surface area contributed by atoms with E-state index < -0.39 is 0 Å². The molecule has 4 rings (SSSR count). The molecule has 1 aromatic heterocycles. The standard InChI is InChI=1S/C21H19BrN4O2S/c1-2-10-26-20(16-5-3-4-6-18(16)27)23-24-21(26)29-13-19(28)25-11-9-14-12-15(22)7-8-17(14)25/h2-8,12,27H,1,9-11,13H2. The Kier molecular flexibility index (Phi) is 5.73. The highest BCUT2D eigenvalue weighted by Gasteiger charge is 2.25.